The molecule has 0 radical (unpaired) electrons. The Labute approximate surface area is 38.8 Å². The average Bonchev–Trinajstić information content (AvgIpc) is 1.91. The zero-order chi connectivity index (χ0) is 5.28. The van der Waals surface area contributed by atoms with E-state index in [1.54, 1.807) is 0 Å². The van der Waals surface area contributed by atoms with E-state index in [9.17, 15) is 4.39 Å². The van der Waals surface area contributed by atoms with Gasteiger partial charge >= 0.3 is 0 Å². The van der Waals surface area contributed by atoms with Crippen LogP contribution in [0.4, 0.5) is 4.39 Å². The van der Waals surface area contributed by atoms with Crippen molar-refractivity contribution < 1.29 is 5.76 Å². The van der Waals surface area contributed by atoms with Gasteiger partial charge in [0.15, 0.2) is 0 Å². The first kappa shape index (κ1) is 3.00. The highest BCUT2D eigenvalue weighted by Crippen LogP contribution is 2.19. The summed E-state index contributed by atoms with van der Waals surface area (Å²) in [5.74, 6) is 0. The molecule has 0 nitrogen and oxygen atoms in total. The molecule has 0 aromatic carbocycles. The molecular weight excluding hydrogens is 79.1 g/mol. The van der Waals surface area contributed by atoms with E-state index in [0.717, 1.165) is 12.8 Å². The van der Waals surface area contributed by atoms with Gasteiger partial charge in [-0.1, -0.05) is 12.8 Å². The highest BCUT2D eigenvalue weighted by atomic mass is 19.1. The summed E-state index contributed by atoms with van der Waals surface area (Å²) >= 11 is 0. The van der Waals surface area contributed by atoms with E-state index < -0.39 is 12.6 Å². The molecular formula is C5H9F. The van der Waals surface area contributed by atoms with Gasteiger partial charge in [-0.2, -0.15) is 0 Å². The SMILES string of the molecule is [2H][C@@H]1CCCC1F. The molecule has 36 valence electrons. The highest BCUT2D eigenvalue weighted by molar-refractivity contribution is 4.63. The largest absolute Gasteiger partial charge is 0.247 e. The Kier molecular flexibility index (Phi) is 0.793. The minimum absolute atomic E-state index is 0.403. The first-order chi connectivity index (χ1) is 3.30. The van der Waals surface area contributed by atoms with Crippen LogP contribution in [0.3, 0.4) is 0 Å². The van der Waals surface area contributed by atoms with Crippen LogP contribution in [0.2, 0.25) is 0 Å². The van der Waals surface area contributed by atoms with Crippen LogP contribution in [0, 0.1) is 0 Å². The fraction of sp³-hybridized carbons (Fsp3) is 1.00. The Balaban J connectivity index is 2.33. The molecule has 0 bridgehead atoms. The zero-order valence-electron chi connectivity index (χ0n) is 4.65. The minimum Gasteiger partial charge on any atom is -0.247 e. The number of alkyl halides is 1. The molecule has 1 saturated carbocycles. The lowest BCUT2D eigenvalue weighted by Crippen LogP contribution is -1.85. The summed E-state index contributed by atoms with van der Waals surface area (Å²) in [6.45, 7) is 0. The van der Waals surface area contributed by atoms with Crippen LogP contribution in [-0.4, -0.2) is 6.17 Å². The zero-order valence-corrected chi connectivity index (χ0v) is 3.65. The van der Waals surface area contributed by atoms with Crippen LogP contribution in [0.1, 0.15) is 27.0 Å². The molecule has 1 fully saturated rings. The van der Waals surface area contributed by atoms with Gasteiger partial charge in [-0.3, -0.25) is 0 Å². The molecule has 0 aromatic heterocycles. The van der Waals surface area contributed by atoms with Gasteiger partial charge in [-0.15, -0.1) is 0 Å². The van der Waals surface area contributed by atoms with Gasteiger partial charge in [-0.05, 0) is 12.8 Å². The third kappa shape index (κ3) is 0.703. The molecule has 0 aromatic rings. The highest BCUT2D eigenvalue weighted by Gasteiger charge is 2.11. The van der Waals surface area contributed by atoms with Crippen molar-refractivity contribution in [3.05, 3.63) is 0 Å². The summed E-state index contributed by atoms with van der Waals surface area (Å²) in [7, 11) is 0. The van der Waals surface area contributed by atoms with Crippen molar-refractivity contribution in [1.29, 1.82) is 0 Å². The standard InChI is InChI=1S/C5H9F/c6-5-3-1-2-4-5/h5H,1-4H2/i3D/t3-,5?/m1/s1. The topological polar surface area (TPSA) is 0 Å². The van der Waals surface area contributed by atoms with Gasteiger partial charge in [0.25, 0.3) is 0 Å². The van der Waals surface area contributed by atoms with Crippen LogP contribution in [0.5, 0.6) is 0 Å². The van der Waals surface area contributed by atoms with E-state index in [1.807, 2.05) is 0 Å². The molecule has 1 heteroatoms. The predicted molar refractivity (Wildman–Crippen MR) is 23.4 cm³/mol. The molecule has 0 N–H and O–H groups in total. The van der Waals surface area contributed by atoms with Gasteiger partial charge < -0.3 is 0 Å². The average molecular weight is 89.1 g/mol. The maximum absolute atomic E-state index is 12.1. The second kappa shape index (κ2) is 1.59. The number of rotatable bonds is 0. The van der Waals surface area contributed by atoms with Gasteiger partial charge in [0, 0.05) is 1.37 Å². The van der Waals surface area contributed by atoms with Crippen molar-refractivity contribution in [1.82, 2.24) is 0 Å². The van der Waals surface area contributed by atoms with Crippen LogP contribution in [0.15, 0.2) is 0 Å². The van der Waals surface area contributed by atoms with Gasteiger partial charge in [0.2, 0.25) is 0 Å². The summed E-state index contributed by atoms with van der Waals surface area (Å²) < 4.78 is 19.1. The fourth-order valence-corrected chi connectivity index (χ4v) is 0.729. The third-order valence-electron chi connectivity index (χ3n) is 1.11. The van der Waals surface area contributed by atoms with E-state index in [1.165, 1.54) is 0 Å². The molecule has 0 spiro atoms. The Bertz CT molecular complexity index is 57.1. The van der Waals surface area contributed by atoms with Crippen molar-refractivity contribution in [2.24, 2.45) is 0 Å². The summed E-state index contributed by atoms with van der Waals surface area (Å²) in [5.41, 5.74) is 0. The van der Waals surface area contributed by atoms with Crippen molar-refractivity contribution in [2.75, 3.05) is 0 Å². The molecule has 1 aliphatic rings. The molecule has 1 unspecified atom stereocenters. The Morgan fingerprint density at radius 1 is 1.67 bits per heavy atom. The van der Waals surface area contributed by atoms with Gasteiger partial charge in [0.1, 0.15) is 6.17 Å². The normalized spacial score (nSPS) is 49.2. The van der Waals surface area contributed by atoms with Crippen LogP contribution in [0.25, 0.3) is 0 Å². The minimum atomic E-state index is -0.819. The summed E-state index contributed by atoms with van der Waals surface area (Å²) in [6, 6.07) is 0. The van der Waals surface area contributed by atoms with Gasteiger partial charge in [0.05, 0.1) is 0 Å². The summed E-state index contributed by atoms with van der Waals surface area (Å²) in [6.07, 6.45) is 1.07. The lowest BCUT2D eigenvalue weighted by atomic mass is 10.3. The van der Waals surface area contributed by atoms with Crippen molar-refractivity contribution in [3.8, 4) is 0 Å². The predicted octanol–water partition coefficient (Wildman–Crippen LogP) is 1.90. The Hall–Kier alpha value is -0.0700. The van der Waals surface area contributed by atoms with E-state index in [0.29, 0.717) is 6.42 Å². The molecule has 0 amide bonds. The lowest BCUT2D eigenvalue weighted by Gasteiger charge is -1.86. The van der Waals surface area contributed by atoms with Crippen molar-refractivity contribution in [2.45, 2.75) is 31.8 Å². The van der Waals surface area contributed by atoms with E-state index in [4.69, 9.17) is 1.37 Å². The molecule has 6 heavy (non-hydrogen) atoms. The molecule has 1 aliphatic carbocycles. The maximum Gasteiger partial charge on any atom is 0.100 e. The molecule has 0 saturated heterocycles. The first-order valence-electron chi connectivity index (χ1n) is 2.95. The first-order valence-corrected chi connectivity index (χ1v) is 2.37. The van der Waals surface area contributed by atoms with Crippen LogP contribution >= 0.6 is 0 Å². The van der Waals surface area contributed by atoms with Crippen molar-refractivity contribution in [3.63, 3.8) is 0 Å². The Morgan fingerprint density at radius 2 is 2.50 bits per heavy atom. The smallest absolute Gasteiger partial charge is 0.100 e. The van der Waals surface area contributed by atoms with E-state index in [2.05, 4.69) is 0 Å². The number of halogens is 1. The molecule has 2 atom stereocenters. The third-order valence-corrected chi connectivity index (χ3v) is 1.11. The van der Waals surface area contributed by atoms with Gasteiger partial charge in [-0.25, -0.2) is 4.39 Å². The Morgan fingerprint density at radius 3 is 2.67 bits per heavy atom. The second-order valence-corrected chi connectivity index (χ2v) is 1.68. The quantitative estimate of drug-likeness (QED) is 0.425. The number of hydrogen-bond acceptors (Lipinski definition) is 0. The molecule has 1 rings (SSSR count). The molecule has 0 aliphatic heterocycles. The monoisotopic (exact) mass is 89.1 g/mol. The van der Waals surface area contributed by atoms with E-state index >= 15 is 0 Å². The van der Waals surface area contributed by atoms with Crippen LogP contribution in [-0.2, 0) is 0 Å². The van der Waals surface area contributed by atoms with Crippen LogP contribution < -0.4 is 0 Å². The van der Waals surface area contributed by atoms with Crippen molar-refractivity contribution >= 4 is 0 Å². The number of hydrogen-bond donors (Lipinski definition) is 0. The second-order valence-electron chi connectivity index (χ2n) is 1.68. The maximum atomic E-state index is 12.1. The molecule has 0 heterocycles. The summed E-state index contributed by atoms with van der Waals surface area (Å²) in [4.78, 5) is 0. The lowest BCUT2D eigenvalue weighted by molar-refractivity contribution is 0.343. The summed E-state index contributed by atoms with van der Waals surface area (Å²) in [5, 5.41) is 0. The van der Waals surface area contributed by atoms with E-state index in [-0.39, 0.29) is 0 Å². The fourth-order valence-electron chi connectivity index (χ4n) is 0.729.